The molecule has 0 bridgehead atoms. The highest BCUT2D eigenvalue weighted by atomic mass is 16.4. The topological polar surface area (TPSA) is 59.7 Å². The quantitative estimate of drug-likeness (QED) is 0.627. The minimum absolute atomic E-state index is 0.501. The fraction of sp³-hybridized carbons (Fsp3) is 0. The second-order valence-corrected chi connectivity index (χ2v) is 2.64. The first-order chi connectivity index (χ1) is 7.42. The number of nitrogens with zero attached hydrogens (tertiary/aromatic N) is 4. The lowest BCUT2D eigenvalue weighted by atomic mass is 10.3. The lowest BCUT2D eigenvalue weighted by Crippen LogP contribution is -1.96. The lowest BCUT2D eigenvalue weighted by Gasteiger charge is -2.04. The van der Waals surface area contributed by atoms with Crippen molar-refractivity contribution >= 4 is 26.0 Å². The molecule has 1 aromatic rings. The van der Waals surface area contributed by atoms with Gasteiger partial charge < -0.3 is 4.65 Å². The van der Waals surface area contributed by atoms with Crippen LogP contribution in [0.2, 0.25) is 0 Å². The Morgan fingerprint density at radius 1 is 1.27 bits per heavy atom. The second kappa shape index (κ2) is 4.35. The Balaban J connectivity index is 2.52. The van der Waals surface area contributed by atoms with E-state index in [-0.39, 0.29) is 0 Å². The fourth-order valence-electron chi connectivity index (χ4n) is 1.09. The van der Waals surface area contributed by atoms with E-state index >= 15 is 0 Å². The maximum absolute atomic E-state index is 5.15. The summed E-state index contributed by atoms with van der Waals surface area (Å²) in [5.74, 6) is 3.70. The summed E-state index contributed by atoms with van der Waals surface area (Å²) in [6.45, 7) is 0. The second-order valence-electron chi connectivity index (χ2n) is 2.64. The van der Waals surface area contributed by atoms with Gasteiger partial charge in [-0.1, -0.05) is 0 Å². The summed E-state index contributed by atoms with van der Waals surface area (Å²) >= 11 is 0. The van der Waals surface area contributed by atoms with Gasteiger partial charge in [0, 0.05) is 18.5 Å². The molecule has 6 heteroatoms. The largest absolute Gasteiger partial charge is 0.566 e. The number of aromatic nitrogens is 2. The molecule has 0 aromatic carbocycles. The van der Waals surface area contributed by atoms with Gasteiger partial charge in [-0.05, 0) is 11.9 Å². The molecular formula is C9H7BN4O. The molecule has 0 N–H and O–H groups in total. The minimum atomic E-state index is 0.501. The first kappa shape index (κ1) is 9.36. The molecule has 0 saturated heterocycles. The molecule has 1 aliphatic heterocycles. The lowest BCUT2D eigenvalue weighted by molar-refractivity contribution is 0.495. The standard InChI is InChI=1S/C9H7BN4O/c10-15-7-2-5-11-6-14-8(7)9-12-3-1-4-13-9/h1-4,6H,10H2. The Bertz CT molecular complexity index is 474. The highest BCUT2D eigenvalue weighted by Crippen LogP contribution is 2.17. The molecule has 0 amide bonds. The number of aliphatic imine (C=N–C) groups is 2. The molecule has 0 radical (unpaired) electrons. The Morgan fingerprint density at radius 2 is 2.07 bits per heavy atom. The van der Waals surface area contributed by atoms with Gasteiger partial charge >= 0.3 is 8.05 Å². The summed E-state index contributed by atoms with van der Waals surface area (Å²) in [5, 5.41) is 0. The summed E-state index contributed by atoms with van der Waals surface area (Å²) < 4.78 is 5.15. The van der Waals surface area contributed by atoms with E-state index in [4.69, 9.17) is 4.65 Å². The normalized spacial score (nSPS) is 14.1. The maximum Gasteiger partial charge on any atom is 0.322 e. The van der Waals surface area contributed by atoms with Crippen molar-refractivity contribution in [1.29, 1.82) is 0 Å². The van der Waals surface area contributed by atoms with Crippen LogP contribution in [0.25, 0.3) is 5.70 Å². The molecule has 0 fully saturated rings. The first-order valence-electron chi connectivity index (χ1n) is 4.28. The third-order valence-electron chi connectivity index (χ3n) is 1.75. The summed E-state index contributed by atoms with van der Waals surface area (Å²) in [7, 11) is 1.55. The molecule has 0 spiro atoms. The van der Waals surface area contributed by atoms with E-state index in [0.29, 0.717) is 17.3 Å². The van der Waals surface area contributed by atoms with Crippen molar-refractivity contribution in [2.45, 2.75) is 0 Å². The van der Waals surface area contributed by atoms with E-state index < -0.39 is 0 Å². The molecule has 2 rings (SSSR count). The van der Waals surface area contributed by atoms with Crippen LogP contribution in [-0.2, 0) is 4.65 Å². The predicted molar refractivity (Wildman–Crippen MR) is 59.1 cm³/mol. The third-order valence-corrected chi connectivity index (χ3v) is 1.75. The van der Waals surface area contributed by atoms with E-state index in [1.54, 1.807) is 32.6 Å². The van der Waals surface area contributed by atoms with Gasteiger partial charge in [0.2, 0.25) is 0 Å². The Kier molecular flexibility index (Phi) is 2.71. The molecule has 0 saturated carbocycles. The zero-order valence-corrected chi connectivity index (χ0v) is 8.08. The van der Waals surface area contributed by atoms with Crippen LogP contribution in [0.4, 0.5) is 0 Å². The van der Waals surface area contributed by atoms with Crippen molar-refractivity contribution < 1.29 is 4.65 Å². The van der Waals surface area contributed by atoms with Gasteiger partial charge in [-0.2, -0.15) is 4.99 Å². The predicted octanol–water partition coefficient (Wildman–Crippen LogP) is -0.0223. The smallest absolute Gasteiger partial charge is 0.322 e. The summed E-state index contributed by atoms with van der Waals surface area (Å²) in [5.41, 5.74) is 0.548. The van der Waals surface area contributed by atoms with Gasteiger partial charge in [0.1, 0.15) is 12.1 Å². The third kappa shape index (κ3) is 2.00. The van der Waals surface area contributed by atoms with Crippen LogP contribution >= 0.6 is 0 Å². The van der Waals surface area contributed by atoms with Crippen LogP contribution in [0, 0.1) is 0 Å². The van der Waals surface area contributed by atoms with Crippen molar-refractivity contribution in [3.8, 4) is 0 Å². The van der Waals surface area contributed by atoms with Gasteiger partial charge in [0.15, 0.2) is 11.5 Å². The molecule has 5 nitrogen and oxygen atoms in total. The number of hydrogen-bond acceptors (Lipinski definition) is 5. The molecule has 0 aliphatic carbocycles. The van der Waals surface area contributed by atoms with E-state index in [0.717, 1.165) is 0 Å². The van der Waals surface area contributed by atoms with Crippen molar-refractivity contribution in [3.63, 3.8) is 0 Å². The number of allylic oxidation sites excluding steroid dienone is 1. The zero-order chi connectivity index (χ0) is 10.5. The van der Waals surface area contributed by atoms with Crippen molar-refractivity contribution in [1.82, 2.24) is 9.97 Å². The molecule has 0 atom stereocenters. The van der Waals surface area contributed by atoms with Gasteiger partial charge in [-0.3, -0.25) is 0 Å². The van der Waals surface area contributed by atoms with E-state index in [9.17, 15) is 0 Å². The zero-order valence-electron chi connectivity index (χ0n) is 8.08. The van der Waals surface area contributed by atoms with Crippen LogP contribution in [0.15, 0.2) is 40.3 Å². The van der Waals surface area contributed by atoms with Crippen LogP contribution in [0.5, 0.6) is 0 Å². The SMILES string of the molecule is BOC1=C(c2ncccn2)N=CN=C=C1. The van der Waals surface area contributed by atoms with Crippen molar-refractivity contribution in [3.05, 3.63) is 36.1 Å². The van der Waals surface area contributed by atoms with Crippen LogP contribution < -0.4 is 0 Å². The Morgan fingerprint density at radius 3 is 2.80 bits per heavy atom. The van der Waals surface area contributed by atoms with Gasteiger partial charge in [-0.25, -0.2) is 15.0 Å². The number of rotatable bonds is 2. The van der Waals surface area contributed by atoms with Crippen LogP contribution in [-0.4, -0.2) is 30.2 Å². The monoisotopic (exact) mass is 198 g/mol. The van der Waals surface area contributed by atoms with Crippen LogP contribution in [0.3, 0.4) is 0 Å². The molecule has 0 unspecified atom stereocenters. The first-order valence-corrected chi connectivity index (χ1v) is 4.28. The van der Waals surface area contributed by atoms with Crippen molar-refractivity contribution in [2.75, 3.05) is 0 Å². The minimum Gasteiger partial charge on any atom is -0.566 e. The molecule has 15 heavy (non-hydrogen) atoms. The number of hydrogen-bond donors (Lipinski definition) is 0. The van der Waals surface area contributed by atoms with E-state index in [1.165, 1.54) is 6.34 Å². The van der Waals surface area contributed by atoms with Gasteiger partial charge in [-0.15, -0.1) is 0 Å². The summed E-state index contributed by atoms with van der Waals surface area (Å²) in [6, 6.07) is 1.74. The summed E-state index contributed by atoms with van der Waals surface area (Å²) in [4.78, 5) is 16.0. The summed E-state index contributed by atoms with van der Waals surface area (Å²) in [6.07, 6.45) is 6.27. The Hall–Kier alpha value is -2.20. The average Bonchev–Trinajstić information content (AvgIpc) is 2.55. The molecule has 1 aromatic heterocycles. The molecular weight excluding hydrogens is 191 g/mol. The highest BCUT2D eigenvalue weighted by Gasteiger charge is 2.09. The van der Waals surface area contributed by atoms with E-state index in [2.05, 4.69) is 25.8 Å². The Labute approximate surface area is 87.4 Å². The molecule has 1 aliphatic rings. The van der Waals surface area contributed by atoms with Gasteiger partial charge in [0.05, 0.1) is 0 Å². The molecule has 72 valence electrons. The van der Waals surface area contributed by atoms with Gasteiger partial charge in [0.25, 0.3) is 0 Å². The maximum atomic E-state index is 5.15. The van der Waals surface area contributed by atoms with Crippen LogP contribution in [0.1, 0.15) is 5.82 Å². The van der Waals surface area contributed by atoms with E-state index in [1.807, 2.05) is 0 Å². The average molecular weight is 198 g/mol. The fourth-order valence-corrected chi connectivity index (χ4v) is 1.09. The van der Waals surface area contributed by atoms with Crippen molar-refractivity contribution in [2.24, 2.45) is 9.98 Å². The highest BCUT2D eigenvalue weighted by molar-refractivity contribution is 6.00. The molecule has 2 heterocycles.